The fourth-order valence-corrected chi connectivity index (χ4v) is 3.09. The first-order valence-electron chi connectivity index (χ1n) is 8.46. The van der Waals surface area contributed by atoms with Gasteiger partial charge >= 0.3 is 0 Å². The van der Waals surface area contributed by atoms with E-state index in [0.29, 0.717) is 18.5 Å². The van der Waals surface area contributed by atoms with Gasteiger partial charge in [0.1, 0.15) is 0 Å². The molecule has 0 bridgehead atoms. The molecule has 0 unspecified atom stereocenters. The van der Waals surface area contributed by atoms with Gasteiger partial charge in [-0.15, -0.1) is 10.2 Å². The first-order chi connectivity index (χ1) is 11.1. The van der Waals surface area contributed by atoms with Crippen LogP contribution in [0.3, 0.4) is 0 Å². The molecule has 3 rings (SSSR count). The van der Waals surface area contributed by atoms with Crippen molar-refractivity contribution in [1.82, 2.24) is 15.1 Å². The highest BCUT2D eigenvalue weighted by Crippen LogP contribution is 2.22. The van der Waals surface area contributed by atoms with Gasteiger partial charge in [0.15, 0.2) is 0 Å². The van der Waals surface area contributed by atoms with Crippen molar-refractivity contribution < 1.29 is 4.42 Å². The summed E-state index contributed by atoms with van der Waals surface area (Å²) in [7, 11) is 2.15. The summed E-state index contributed by atoms with van der Waals surface area (Å²) in [6, 6.07) is 11.2. The first kappa shape index (κ1) is 16.0. The largest absolute Gasteiger partial charge is 0.424 e. The van der Waals surface area contributed by atoms with Gasteiger partial charge in [0, 0.05) is 30.7 Å². The maximum atomic E-state index is 5.74. The van der Waals surface area contributed by atoms with Crippen LogP contribution < -0.4 is 4.90 Å². The smallest absolute Gasteiger partial charge is 0.230 e. The van der Waals surface area contributed by atoms with E-state index < -0.39 is 0 Å². The maximum absolute atomic E-state index is 5.74. The van der Waals surface area contributed by atoms with E-state index in [-0.39, 0.29) is 5.92 Å². The SMILES string of the molecule is CC(C)c1nnc(CN(C)[C@@H]2CCCN(c3ccccc3)C2)o1. The zero-order chi connectivity index (χ0) is 16.2. The Bertz CT molecular complexity index is 610. The Hall–Kier alpha value is -1.88. The first-order valence-corrected chi connectivity index (χ1v) is 8.46. The van der Waals surface area contributed by atoms with Crippen molar-refractivity contribution in [3.8, 4) is 0 Å². The number of rotatable bonds is 5. The monoisotopic (exact) mass is 314 g/mol. The van der Waals surface area contributed by atoms with E-state index in [1.54, 1.807) is 0 Å². The zero-order valence-corrected chi connectivity index (χ0v) is 14.3. The highest BCUT2D eigenvalue weighted by Gasteiger charge is 2.24. The minimum atomic E-state index is 0.282. The fourth-order valence-electron chi connectivity index (χ4n) is 3.09. The molecule has 0 aliphatic carbocycles. The van der Waals surface area contributed by atoms with E-state index in [2.05, 4.69) is 71.2 Å². The Kier molecular flexibility index (Phi) is 4.96. The second-order valence-corrected chi connectivity index (χ2v) is 6.68. The van der Waals surface area contributed by atoms with Gasteiger partial charge in [-0.3, -0.25) is 4.90 Å². The number of likely N-dealkylation sites (N-methyl/N-ethyl adjacent to an activating group) is 1. The second-order valence-electron chi connectivity index (χ2n) is 6.68. The lowest BCUT2D eigenvalue weighted by molar-refractivity contribution is 0.189. The third-order valence-electron chi connectivity index (χ3n) is 4.50. The van der Waals surface area contributed by atoms with Gasteiger partial charge in [-0.25, -0.2) is 0 Å². The summed E-state index contributed by atoms with van der Waals surface area (Å²) in [6.45, 7) is 7.03. The van der Waals surface area contributed by atoms with E-state index in [1.165, 1.54) is 18.5 Å². The van der Waals surface area contributed by atoms with Gasteiger partial charge in [0.2, 0.25) is 11.8 Å². The lowest BCUT2D eigenvalue weighted by Crippen LogP contribution is -2.46. The number of anilines is 1. The Morgan fingerprint density at radius 2 is 2.04 bits per heavy atom. The Balaban J connectivity index is 1.61. The van der Waals surface area contributed by atoms with E-state index in [9.17, 15) is 0 Å². The Labute approximate surface area is 138 Å². The van der Waals surface area contributed by atoms with Crippen LogP contribution >= 0.6 is 0 Å². The number of para-hydroxylation sites is 1. The molecule has 1 aliphatic rings. The van der Waals surface area contributed by atoms with Gasteiger partial charge in [0.25, 0.3) is 0 Å². The van der Waals surface area contributed by atoms with Crippen molar-refractivity contribution in [3.05, 3.63) is 42.1 Å². The molecule has 124 valence electrons. The number of nitrogens with zero attached hydrogens (tertiary/aromatic N) is 4. The Morgan fingerprint density at radius 1 is 1.26 bits per heavy atom. The molecule has 0 spiro atoms. The van der Waals surface area contributed by atoms with Gasteiger partial charge in [0.05, 0.1) is 6.54 Å². The van der Waals surface area contributed by atoms with Gasteiger partial charge < -0.3 is 9.32 Å². The summed E-state index contributed by atoms with van der Waals surface area (Å²) in [5.74, 6) is 1.72. The number of hydrogen-bond donors (Lipinski definition) is 0. The molecule has 0 amide bonds. The van der Waals surface area contributed by atoms with Crippen LogP contribution in [0, 0.1) is 0 Å². The van der Waals surface area contributed by atoms with Crippen LogP contribution in [0.25, 0.3) is 0 Å². The summed E-state index contributed by atoms with van der Waals surface area (Å²) in [6.07, 6.45) is 2.43. The van der Waals surface area contributed by atoms with E-state index in [1.807, 2.05) is 0 Å². The molecular weight excluding hydrogens is 288 g/mol. The molecule has 5 heteroatoms. The van der Waals surface area contributed by atoms with Crippen molar-refractivity contribution in [3.63, 3.8) is 0 Å². The minimum absolute atomic E-state index is 0.282. The van der Waals surface area contributed by atoms with Crippen LogP contribution in [0.5, 0.6) is 0 Å². The van der Waals surface area contributed by atoms with Crippen LogP contribution in [0.4, 0.5) is 5.69 Å². The maximum Gasteiger partial charge on any atom is 0.230 e. The fraction of sp³-hybridized carbons (Fsp3) is 0.556. The van der Waals surface area contributed by atoms with Crippen molar-refractivity contribution >= 4 is 5.69 Å². The molecule has 0 saturated carbocycles. The lowest BCUT2D eigenvalue weighted by atomic mass is 10.0. The van der Waals surface area contributed by atoms with Crippen molar-refractivity contribution in [2.45, 2.75) is 45.2 Å². The molecule has 1 aromatic heterocycles. The molecule has 1 fully saturated rings. The second kappa shape index (κ2) is 7.13. The molecule has 23 heavy (non-hydrogen) atoms. The zero-order valence-electron chi connectivity index (χ0n) is 14.3. The Morgan fingerprint density at radius 3 is 2.74 bits per heavy atom. The molecule has 1 saturated heterocycles. The number of aromatic nitrogens is 2. The number of piperidine rings is 1. The topological polar surface area (TPSA) is 45.4 Å². The molecule has 1 atom stereocenters. The third kappa shape index (κ3) is 3.91. The molecule has 0 radical (unpaired) electrons. The highest BCUT2D eigenvalue weighted by atomic mass is 16.4. The molecule has 5 nitrogen and oxygen atoms in total. The molecule has 2 heterocycles. The van der Waals surface area contributed by atoms with Gasteiger partial charge in [-0.1, -0.05) is 32.0 Å². The van der Waals surface area contributed by atoms with Crippen LogP contribution in [0.1, 0.15) is 44.4 Å². The van der Waals surface area contributed by atoms with Crippen molar-refractivity contribution in [1.29, 1.82) is 0 Å². The molecule has 0 N–H and O–H groups in total. The predicted octanol–water partition coefficient (Wildman–Crippen LogP) is 3.29. The number of hydrogen-bond acceptors (Lipinski definition) is 5. The highest BCUT2D eigenvalue weighted by molar-refractivity contribution is 5.46. The van der Waals surface area contributed by atoms with E-state index in [0.717, 1.165) is 19.0 Å². The minimum Gasteiger partial charge on any atom is -0.424 e. The van der Waals surface area contributed by atoms with Crippen LogP contribution in [0.15, 0.2) is 34.7 Å². The van der Waals surface area contributed by atoms with Gasteiger partial charge in [-0.05, 0) is 32.0 Å². The summed E-state index contributed by atoms with van der Waals surface area (Å²) in [5.41, 5.74) is 1.31. The normalized spacial score (nSPS) is 18.8. The number of benzene rings is 1. The van der Waals surface area contributed by atoms with E-state index in [4.69, 9.17) is 4.42 Å². The molecule has 1 aromatic carbocycles. The molecular formula is C18H26N4O. The van der Waals surface area contributed by atoms with Crippen LogP contribution in [-0.4, -0.2) is 41.3 Å². The molecule has 1 aliphatic heterocycles. The summed E-state index contributed by atoms with van der Waals surface area (Å²) in [5, 5.41) is 8.30. The summed E-state index contributed by atoms with van der Waals surface area (Å²) < 4.78 is 5.74. The standard InChI is InChI=1S/C18H26N4O/c1-14(2)18-20-19-17(23-18)13-21(3)16-10-7-11-22(12-16)15-8-5-4-6-9-15/h4-6,8-9,14,16H,7,10-13H2,1-3H3/t16-/m1/s1. The quantitative estimate of drug-likeness (QED) is 0.847. The van der Waals surface area contributed by atoms with Crippen molar-refractivity contribution in [2.75, 3.05) is 25.0 Å². The van der Waals surface area contributed by atoms with Gasteiger partial charge in [-0.2, -0.15) is 0 Å². The molecule has 2 aromatic rings. The third-order valence-corrected chi connectivity index (χ3v) is 4.50. The van der Waals surface area contributed by atoms with Crippen LogP contribution in [-0.2, 0) is 6.54 Å². The average molecular weight is 314 g/mol. The predicted molar refractivity (Wildman–Crippen MR) is 91.5 cm³/mol. The lowest BCUT2D eigenvalue weighted by Gasteiger charge is -2.38. The van der Waals surface area contributed by atoms with Crippen molar-refractivity contribution in [2.24, 2.45) is 0 Å². The summed E-state index contributed by atoms with van der Waals surface area (Å²) in [4.78, 5) is 4.81. The van der Waals surface area contributed by atoms with E-state index >= 15 is 0 Å². The van der Waals surface area contributed by atoms with Crippen LogP contribution in [0.2, 0.25) is 0 Å². The summed E-state index contributed by atoms with van der Waals surface area (Å²) >= 11 is 0. The average Bonchev–Trinajstić information content (AvgIpc) is 3.04.